The number of carbonyl (C=O) groups excluding carboxylic acids is 1. The van der Waals surface area contributed by atoms with Crippen LogP contribution in [0.3, 0.4) is 0 Å². The monoisotopic (exact) mass is 221 g/mol. The highest BCUT2D eigenvalue weighted by Gasteiger charge is 2.08. The second kappa shape index (κ2) is 3.90. The zero-order chi connectivity index (χ0) is 10.8. The van der Waals surface area contributed by atoms with Gasteiger partial charge in [0.1, 0.15) is 12.1 Å². The molecular formula is C11H8FNOS. The molecule has 2 aromatic rings. The van der Waals surface area contributed by atoms with E-state index >= 15 is 0 Å². The molecule has 2 nitrogen and oxygen atoms in total. The number of halogens is 1. The van der Waals surface area contributed by atoms with Crippen LogP contribution >= 0.6 is 11.5 Å². The first-order chi connectivity index (χ1) is 7.20. The SMILES string of the molecule is Cc1cc(-c2ccc(C=O)cc2F)sn1. The van der Waals surface area contributed by atoms with E-state index in [1.165, 1.54) is 17.6 Å². The molecule has 2 rings (SSSR count). The first-order valence-electron chi connectivity index (χ1n) is 4.39. The summed E-state index contributed by atoms with van der Waals surface area (Å²) in [5.41, 5.74) is 1.71. The lowest BCUT2D eigenvalue weighted by atomic mass is 10.1. The molecule has 0 aliphatic carbocycles. The maximum absolute atomic E-state index is 13.6. The number of rotatable bonds is 2. The topological polar surface area (TPSA) is 30.0 Å². The number of carbonyl (C=O) groups is 1. The van der Waals surface area contributed by atoms with Gasteiger partial charge in [0, 0.05) is 11.1 Å². The molecule has 76 valence electrons. The molecule has 0 atom stereocenters. The van der Waals surface area contributed by atoms with Crippen molar-refractivity contribution in [3.63, 3.8) is 0 Å². The van der Waals surface area contributed by atoms with Crippen LogP contribution in [-0.4, -0.2) is 10.7 Å². The minimum absolute atomic E-state index is 0.345. The molecule has 0 bridgehead atoms. The zero-order valence-electron chi connectivity index (χ0n) is 8.03. The molecule has 0 aliphatic rings. The third kappa shape index (κ3) is 1.94. The summed E-state index contributed by atoms with van der Waals surface area (Å²) in [7, 11) is 0. The van der Waals surface area contributed by atoms with Crippen LogP contribution in [0.1, 0.15) is 16.1 Å². The molecule has 0 saturated heterocycles. The Morgan fingerprint density at radius 2 is 2.20 bits per heavy atom. The lowest BCUT2D eigenvalue weighted by Gasteiger charge is -1.99. The van der Waals surface area contributed by atoms with Gasteiger partial charge in [0.2, 0.25) is 0 Å². The third-order valence-corrected chi connectivity index (χ3v) is 2.94. The quantitative estimate of drug-likeness (QED) is 0.729. The van der Waals surface area contributed by atoms with E-state index in [9.17, 15) is 9.18 Å². The number of hydrogen-bond donors (Lipinski definition) is 0. The summed E-state index contributed by atoms with van der Waals surface area (Å²) < 4.78 is 17.6. The molecule has 1 heterocycles. The number of aromatic nitrogens is 1. The fourth-order valence-corrected chi connectivity index (χ4v) is 2.08. The first kappa shape index (κ1) is 9.98. The van der Waals surface area contributed by atoms with Gasteiger partial charge in [0.25, 0.3) is 0 Å². The molecule has 15 heavy (non-hydrogen) atoms. The highest BCUT2D eigenvalue weighted by atomic mass is 32.1. The molecular weight excluding hydrogens is 213 g/mol. The van der Waals surface area contributed by atoms with Crippen LogP contribution in [0, 0.1) is 12.7 Å². The molecule has 0 spiro atoms. The molecule has 0 unspecified atom stereocenters. The Hall–Kier alpha value is -1.55. The molecule has 4 heteroatoms. The molecule has 0 N–H and O–H groups in total. The predicted octanol–water partition coefficient (Wildman–Crippen LogP) is 3.07. The molecule has 0 fully saturated rings. The Labute approximate surface area is 90.5 Å². The summed E-state index contributed by atoms with van der Waals surface area (Å²) in [6.45, 7) is 1.86. The second-order valence-electron chi connectivity index (χ2n) is 3.19. The Morgan fingerprint density at radius 1 is 1.40 bits per heavy atom. The van der Waals surface area contributed by atoms with Gasteiger partial charge in [-0.3, -0.25) is 4.79 Å². The van der Waals surface area contributed by atoms with E-state index in [-0.39, 0.29) is 5.82 Å². The molecule has 0 radical (unpaired) electrons. The van der Waals surface area contributed by atoms with E-state index in [4.69, 9.17) is 0 Å². The maximum Gasteiger partial charge on any atom is 0.150 e. The smallest absolute Gasteiger partial charge is 0.150 e. The summed E-state index contributed by atoms with van der Waals surface area (Å²) in [6, 6.07) is 6.26. The lowest BCUT2D eigenvalue weighted by Crippen LogP contribution is -1.85. The molecule has 0 amide bonds. The number of aldehydes is 1. The number of hydrogen-bond acceptors (Lipinski definition) is 3. The largest absolute Gasteiger partial charge is 0.298 e. The standard InChI is InChI=1S/C11H8FNOS/c1-7-4-11(15-13-7)9-3-2-8(6-14)5-10(9)12/h2-6H,1H3. The van der Waals surface area contributed by atoms with Gasteiger partial charge in [0.05, 0.1) is 10.6 Å². The van der Waals surface area contributed by atoms with E-state index in [1.54, 1.807) is 12.1 Å². The van der Waals surface area contributed by atoms with E-state index in [2.05, 4.69) is 4.37 Å². The van der Waals surface area contributed by atoms with Crippen LogP contribution in [-0.2, 0) is 0 Å². The minimum atomic E-state index is -0.386. The van der Waals surface area contributed by atoms with Crippen LogP contribution in [0.5, 0.6) is 0 Å². The van der Waals surface area contributed by atoms with Crippen LogP contribution in [0.4, 0.5) is 4.39 Å². The van der Waals surface area contributed by atoms with Crippen molar-refractivity contribution >= 4 is 17.8 Å². The molecule has 0 saturated carbocycles. The van der Waals surface area contributed by atoms with E-state index in [1.807, 2.05) is 13.0 Å². The maximum atomic E-state index is 13.6. The van der Waals surface area contributed by atoms with Gasteiger partial charge in [-0.25, -0.2) is 4.39 Å². The van der Waals surface area contributed by atoms with Crippen molar-refractivity contribution in [1.29, 1.82) is 0 Å². The zero-order valence-corrected chi connectivity index (χ0v) is 8.84. The lowest BCUT2D eigenvalue weighted by molar-refractivity contribution is 0.112. The molecule has 1 aromatic heterocycles. The predicted molar refractivity (Wildman–Crippen MR) is 57.6 cm³/mol. The van der Waals surface area contributed by atoms with E-state index < -0.39 is 0 Å². The van der Waals surface area contributed by atoms with Crippen molar-refractivity contribution in [2.75, 3.05) is 0 Å². The summed E-state index contributed by atoms with van der Waals surface area (Å²) in [4.78, 5) is 11.2. The van der Waals surface area contributed by atoms with E-state index in [0.29, 0.717) is 17.4 Å². The highest BCUT2D eigenvalue weighted by Crippen LogP contribution is 2.27. The average Bonchev–Trinajstić information content (AvgIpc) is 2.64. The summed E-state index contributed by atoms with van der Waals surface area (Å²) >= 11 is 1.25. The molecule has 1 aromatic carbocycles. The fourth-order valence-electron chi connectivity index (χ4n) is 1.30. The van der Waals surface area contributed by atoms with Gasteiger partial charge in [-0.05, 0) is 36.7 Å². The number of aryl methyl sites for hydroxylation is 1. The Kier molecular flexibility index (Phi) is 2.60. The van der Waals surface area contributed by atoms with Gasteiger partial charge in [-0.1, -0.05) is 6.07 Å². The van der Waals surface area contributed by atoms with Crippen molar-refractivity contribution in [3.8, 4) is 10.4 Å². The Morgan fingerprint density at radius 3 is 2.73 bits per heavy atom. The van der Waals surface area contributed by atoms with Gasteiger partial charge in [-0.2, -0.15) is 4.37 Å². The molecule has 0 aliphatic heterocycles. The van der Waals surface area contributed by atoms with Crippen LogP contribution in [0.25, 0.3) is 10.4 Å². The second-order valence-corrected chi connectivity index (χ2v) is 3.99. The van der Waals surface area contributed by atoms with Gasteiger partial charge in [-0.15, -0.1) is 0 Å². The van der Waals surface area contributed by atoms with Crippen molar-refractivity contribution in [2.45, 2.75) is 6.92 Å². The van der Waals surface area contributed by atoms with Gasteiger partial charge < -0.3 is 0 Å². The van der Waals surface area contributed by atoms with Crippen molar-refractivity contribution in [1.82, 2.24) is 4.37 Å². The summed E-state index contributed by atoms with van der Waals surface area (Å²) in [5.74, 6) is -0.386. The highest BCUT2D eigenvalue weighted by molar-refractivity contribution is 7.09. The van der Waals surface area contributed by atoms with E-state index in [0.717, 1.165) is 10.6 Å². The fraction of sp³-hybridized carbons (Fsp3) is 0.0909. The van der Waals surface area contributed by atoms with Crippen molar-refractivity contribution < 1.29 is 9.18 Å². The number of benzene rings is 1. The Bertz CT molecular complexity index is 507. The van der Waals surface area contributed by atoms with Crippen molar-refractivity contribution in [3.05, 3.63) is 41.3 Å². The van der Waals surface area contributed by atoms with Crippen LogP contribution in [0.15, 0.2) is 24.3 Å². The third-order valence-electron chi connectivity index (χ3n) is 2.02. The first-order valence-corrected chi connectivity index (χ1v) is 5.16. The summed E-state index contributed by atoms with van der Waals surface area (Å²) in [5, 5.41) is 0. The van der Waals surface area contributed by atoms with Crippen molar-refractivity contribution in [2.24, 2.45) is 0 Å². The van der Waals surface area contributed by atoms with Crippen LogP contribution < -0.4 is 0 Å². The average molecular weight is 221 g/mol. The Balaban J connectivity index is 2.49. The van der Waals surface area contributed by atoms with Crippen LogP contribution in [0.2, 0.25) is 0 Å². The number of nitrogens with zero attached hydrogens (tertiary/aromatic N) is 1. The van der Waals surface area contributed by atoms with Gasteiger partial charge >= 0.3 is 0 Å². The van der Waals surface area contributed by atoms with Gasteiger partial charge in [0.15, 0.2) is 0 Å². The normalized spacial score (nSPS) is 10.3. The minimum Gasteiger partial charge on any atom is -0.298 e. The summed E-state index contributed by atoms with van der Waals surface area (Å²) in [6.07, 6.45) is 0.630.